The summed E-state index contributed by atoms with van der Waals surface area (Å²) in [4.78, 5) is 56.1. The molecule has 0 bridgehead atoms. The predicted molar refractivity (Wildman–Crippen MR) is 118 cm³/mol. The van der Waals surface area contributed by atoms with Crippen LogP contribution in [0.1, 0.15) is 12.6 Å². The van der Waals surface area contributed by atoms with E-state index >= 15 is 0 Å². The SMILES string of the molecule is CON=C(C(=O)N[C@@H]1C(=O)N(S(=O)(=O)[O-])[C@H]1SCCNC(C)=O)c1csc(NC(=O)CCl)n1.[Na+]. The zero-order valence-electron chi connectivity index (χ0n) is 18.1. The van der Waals surface area contributed by atoms with Gasteiger partial charge in [-0.3, -0.25) is 19.2 Å². The molecule has 4 amide bonds. The third-order valence-corrected chi connectivity index (χ3v) is 7.09. The van der Waals surface area contributed by atoms with Crippen LogP contribution in [0.2, 0.25) is 0 Å². The third kappa shape index (κ3) is 8.04. The minimum Gasteiger partial charge on any atom is -0.731 e. The number of alkyl halides is 1. The number of rotatable bonds is 11. The number of β-lactam (4-membered cyclic amide) rings is 1. The number of amides is 4. The fourth-order valence-electron chi connectivity index (χ4n) is 2.48. The summed E-state index contributed by atoms with van der Waals surface area (Å²) >= 11 is 7.27. The van der Waals surface area contributed by atoms with Gasteiger partial charge in [-0.15, -0.1) is 34.7 Å². The number of nitrogens with one attached hydrogen (secondary N) is 3. The number of anilines is 1. The molecular weight excluding hydrogens is 547 g/mol. The molecule has 1 aromatic rings. The van der Waals surface area contributed by atoms with Crippen LogP contribution in [-0.4, -0.2) is 88.3 Å². The van der Waals surface area contributed by atoms with Crippen LogP contribution in [0.5, 0.6) is 0 Å². The number of nitrogens with zero attached hydrogens (tertiary/aromatic N) is 3. The Morgan fingerprint density at radius 1 is 1.41 bits per heavy atom. The smallest absolute Gasteiger partial charge is 0.731 e. The Kier molecular flexibility index (Phi) is 12.2. The maximum atomic E-state index is 12.8. The topological polar surface area (TPSA) is 199 Å². The maximum Gasteiger partial charge on any atom is 1.00 e. The molecule has 1 aromatic heterocycles. The summed E-state index contributed by atoms with van der Waals surface area (Å²) in [5.41, 5.74) is -0.363. The van der Waals surface area contributed by atoms with Crippen molar-refractivity contribution in [2.45, 2.75) is 18.3 Å². The second kappa shape index (κ2) is 13.6. The van der Waals surface area contributed by atoms with Crippen LogP contribution in [0.3, 0.4) is 0 Å². The fourth-order valence-corrected chi connectivity index (χ4v) is 5.54. The monoisotopic (exact) mass is 564 g/mol. The van der Waals surface area contributed by atoms with Crippen LogP contribution in [0, 0.1) is 0 Å². The second-order valence-corrected chi connectivity index (χ2v) is 9.73. The molecule has 1 saturated heterocycles. The fraction of sp³-hybridized carbons (Fsp3) is 0.467. The molecule has 34 heavy (non-hydrogen) atoms. The number of hydrogen-bond donors (Lipinski definition) is 3. The molecule has 0 aliphatic carbocycles. The average Bonchev–Trinajstić information content (AvgIpc) is 3.18. The van der Waals surface area contributed by atoms with Crippen molar-refractivity contribution in [2.75, 3.05) is 30.6 Å². The van der Waals surface area contributed by atoms with Gasteiger partial charge in [0.1, 0.15) is 30.1 Å². The summed E-state index contributed by atoms with van der Waals surface area (Å²) < 4.78 is 34.4. The van der Waals surface area contributed by atoms with Crippen molar-refractivity contribution in [1.29, 1.82) is 0 Å². The summed E-state index contributed by atoms with van der Waals surface area (Å²) in [5, 5.41) is 11.1. The molecule has 0 radical (unpaired) electrons. The van der Waals surface area contributed by atoms with Gasteiger partial charge in [-0.25, -0.2) is 17.7 Å². The number of halogens is 1. The van der Waals surface area contributed by atoms with E-state index in [0.717, 1.165) is 30.2 Å². The van der Waals surface area contributed by atoms with Gasteiger partial charge in [0, 0.05) is 24.6 Å². The largest absolute Gasteiger partial charge is 1.00 e. The Balaban J connectivity index is 0.00000578. The van der Waals surface area contributed by atoms with Gasteiger partial charge >= 0.3 is 29.6 Å². The zero-order valence-corrected chi connectivity index (χ0v) is 23.3. The average molecular weight is 565 g/mol. The van der Waals surface area contributed by atoms with Crippen molar-refractivity contribution >= 4 is 79.5 Å². The molecule has 2 atom stereocenters. The van der Waals surface area contributed by atoms with Gasteiger partial charge in [-0.2, -0.15) is 0 Å². The molecular formula is C15H18ClN6NaO8S3. The summed E-state index contributed by atoms with van der Waals surface area (Å²) in [6, 6.07) is -1.36. The minimum absolute atomic E-state index is 0. The Bertz CT molecular complexity index is 1070. The van der Waals surface area contributed by atoms with E-state index in [-0.39, 0.29) is 74.5 Å². The third-order valence-electron chi connectivity index (χ3n) is 3.80. The van der Waals surface area contributed by atoms with E-state index in [1.165, 1.54) is 12.3 Å². The van der Waals surface area contributed by atoms with E-state index in [9.17, 15) is 32.1 Å². The molecule has 1 fully saturated rings. The van der Waals surface area contributed by atoms with E-state index in [0.29, 0.717) is 0 Å². The molecule has 3 N–H and O–H groups in total. The summed E-state index contributed by atoms with van der Waals surface area (Å²) in [6.07, 6.45) is 0. The van der Waals surface area contributed by atoms with Crippen molar-refractivity contribution in [3.05, 3.63) is 11.1 Å². The molecule has 0 aromatic carbocycles. The first kappa shape index (κ1) is 30.6. The van der Waals surface area contributed by atoms with Crippen LogP contribution >= 0.6 is 34.7 Å². The maximum absolute atomic E-state index is 12.8. The number of carbonyl (C=O) groups is 4. The molecule has 0 spiro atoms. The molecule has 0 unspecified atom stereocenters. The summed E-state index contributed by atoms with van der Waals surface area (Å²) in [5.74, 6) is -3.05. The number of aromatic nitrogens is 1. The number of thioether (sulfide) groups is 1. The van der Waals surface area contributed by atoms with Gasteiger partial charge in [0.25, 0.3) is 11.8 Å². The molecule has 0 saturated carbocycles. The van der Waals surface area contributed by atoms with E-state index in [1.54, 1.807) is 0 Å². The zero-order chi connectivity index (χ0) is 24.8. The van der Waals surface area contributed by atoms with Gasteiger partial charge in [0.15, 0.2) is 21.1 Å². The van der Waals surface area contributed by atoms with E-state index in [1.807, 2.05) is 0 Å². The normalized spacial score (nSPS) is 17.8. The molecule has 1 aliphatic heterocycles. The Labute approximate surface area is 229 Å². The van der Waals surface area contributed by atoms with Crippen LogP contribution in [0.4, 0.5) is 5.13 Å². The van der Waals surface area contributed by atoms with Gasteiger partial charge in [0.2, 0.25) is 11.8 Å². The van der Waals surface area contributed by atoms with Crippen LogP contribution in [0.15, 0.2) is 10.5 Å². The number of hydrogen-bond acceptors (Lipinski definition) is 12. The quantitative estimate of drug-likeness (QED) is 0.0449. The van der Waals surface area contributed by atoms with Crippen molar-refractivity contribution < 1.29 is 66.5 Å². The first-order valence-corrected chi connectivity index (χ1v) is 12.7. The minimum atomic E-state index is -5.12. The molecule has 2 heterocycles. The van der Waals surface area contributed by atoms with E-state index in [2.05, 4.69) is 30.9 Å². The molecule has 2 rings (SSSR count). The summed E-state index contributed by atoms with van der Waals surface area (Å²) in [6.45, 7) is 1.43. The predicted octanol–water partition coefficient (Wildman–Crippen LogP) is -4.34. The first-order chi connectivity index (χ1) is 15.5. The van der Waals surface area contributed by atoms with E-state index in [4.69, 9.17) is 11.6 Å². The van der Waals surface area contributed by atoms with Crippen molar-refractivity contribution in [3.63, 3.8) is 0 Å². The van der Waals surface area contributed by atoms with Crippen molar-refractivity contribution in [3.8, 4) is 0 Å². The van der Waals surface area contributed by atoms with Crippen LogP contribution in [0.25, 0.3) is 0 Å². The number of thiazole rings is 1. The van der Waals surface area contributed by atoms with Crippen LogP contribution in [-0.2, 0) is 34.3 Å². The van der Waals surface area contributed by atoms with E-state index < -0.39 is 39.4 Å². The molecule has 182 valence electrons. The Morgan fingerprint density at radius 3 is 2.65 bits per heavy atom. The van der Waals surface area contributed by atoms with Gasteiger partial charge in [-0.05, 0) is 0 Å². The van der Waals surface area contributed by atoms with Gasteiger partial charge in [0.05, 0.1) is 0 Å². The Morgan fingerprint density at radius 2 is 2.09 bits per heavy atom. The molecule has 19 heteroatoms. The van der Waals surface area contributed by atoms with Crippen molar-refractivity contribution in [1.82, 2.24) is 19.9 Å². The number of carbonyl (C=O) groups excluding carboxylic acids is 4. The number of oxime groups is 1. The standard InChI is InChI=1S/C15H19ClN6O8S3.Na/c1-7(23)17-3-4-31-14-11(13(26)22(14)33(27,28)29)20-12(25)10(21-30-2)8-6-32-15(18-8)19-9(24)5-16;/h6,11,14H,3-5H2,1-2H3,(H,17,23)(H,20,25)(H,18,19,24)(H,27,28,29);/q;+1/p-1/t11-,14+;/m1./s1. The summed E-state index contributed by atoms with van der Waals surface area (Å²) in [7, 11) is -3.96. The van der Waals surface area contributed by atoms with Gasteiger partial charge in [-0.1, -0.05) is 5.16 Å². The van der Waals surface area contributed by atoms with Crippen molar-refractivity contribution in [2.24, 2.45) is 5.16 Å². The first-order valence-electron chi connectivity index (χ1n) is 8.88. The Hall–Kier alpha value is -1.47. The van der Waals surface area contributed by atoms with Gasteiger partial charge < -0.3 is 25.3 Å². The molecule has 14 nitrogen and oxygen atoms in total. The second-order valence-electron chi connectivity index (χ2n) is 6.13. The van der Waals surface area contributed by atoms with Crippen LogP contribution < -0.4 is 45.5 Å². The molecule has 1 aliphatic rings.